The van der Waals surface area contributed by atoms with Crippen molar-refractivity contribution in [3.8, 4) is 5.75 Å². The van der Waals surface area contributed by atoms with Crippen molar-refractivity contribution in [2.24, 2.45) is 0 Å². The Morgan fingerprint density at radius 2 is 1.88 bits per heavy atom. The number of hydrogen-bond donors (Lipinski definition) is 1. The third kappa shape index (κ3) is 4.74. The first kappa shape index (κ1) is 22.6. The second-order valence-electron chi connectivity index (χ2n) is 9.34. The Morgan fingerprint density at radius 1 is 1.12 bits per heavy atom. The Labute approximate surface area is 191 Å². The number of phenolic OH excluding ortho intramolecular Hbond substituents is 1. The molecule has 2 fully saturated rings. The molecule has 2 bridgehead atoms. The molecule has 2 aromatic carbocycles. The van der Waals surface area contributed by atoms with Gasteiger partial charge in [-0.2, -0.15) is 0 Å². The van der Waals surface area contributed by atoms with E-state index in [1.165, 1.54) is 24.8 Å². The van der Waals surface area contributed by atoms with Crippen LogP contribution in [-0.4, -0.2) is 71.5 Å². The van der Waals surface area contributed by atoms with E-state index >= 15 is 0 Å². The predicted octanol–water partition coefficient (Wildman–Crippen LogP) is 4.30. The number of carbonyl (C=O) groups excluding carboxylic acids is 1. The summed E-state index contributed by atoms with van der Waals surface area (Å²) in [4.78, 5) is 19.2. The zero-order valence-corrected chi connectivity index (χ0v) is 19.3. The number of hydrogen-bond acceptors (Lipinski definition) is 4. The lowest BCUT2D eigenvalue weighted by atomic mass is 9.87. The largest absolute Gasteiger partial charge is 0.508 e. The van der Waals surface area contributed by atoms with E-state index in [4.69, 9.17) is 0 Å². The average Bonchev–Trinajstić information content (AvgIpc) is 2.87. The number of nitrogens with zero attached hydrogens (tertiary/aromatic N) is 3. The van der Waals surface area contributed by atoms with Gasteiger partial charge >= 0.3 is 0 Å². The third-order valence-electron chi connectivity index (χ3n) is 6.92. The minimum atomic E-state index is 0.0113. The van der Waals surface area contributed by atoms with Crippen molar-refractivity contribution in [3.05, 3.63) is 77.9 Å². The van der Waals surface area contributed by atoms with E-state index in [0.29, 0.717) is 23.4 Å². The molecule has 3 unspecified atom stereocenters. The second kappa shape index (κ2) is 9.88. The number of piperidine rings is 1. The Bertz CT molecular complexity index is 940. The molecule has 32 heavy (non-hydrogen) atoms. The Morgan fingerprint density at radius 3 is 2.56 bits per heavy atom. The van der Waals surface area contributed by atoms with Crippen molar-refractivity contribution in [1.29, 1.82) is 0 Å². The van der Waals surface area contributed by atoms with E-state index in [9.17, 15) is 9.90 Å². The Kier molecular flexibility index (Phi) is 6.97. The van der Waals surface area contributed by atoms with Gasteiger partial charge in [0.1, 0.15) is 5.75 Å². The van der Waals surface area contributed by atoms with Gasteiger partial charge in [-0.1, -0.05) is 36.8 Å². The van der Waals surface area contributed by atoms with Crippen LogP contribution < -0.4 is 0 Å². The molecule has 2 aliphatic heterocycles. The van der Waals surface area contributed by atoms with E-state index in [0.717, 1.165) is 31.6 Å². The molecule has 5 nitrogen and oxygen atoms in total. The van der Waals surface area contributed by atoms with Gasteiger partial charge in [0.15, 0.2) is 0 Å². The highest BCUT2D eigenvalue weighted by Crippen LogP contribution is 2.40. The fraction of sp³-hybridized carbons (Fsp3) is 0.444. The molecule has 2 heterocycles. The molecule has 2 saturated heterocycles. The molecule has 1 amide bonds. The number of amides is 1. The van der Waals surface area contributed by atoms with E-state index in [1.807, 2.05) is 30.3 Å². The van der Waals surface area contributed by atoms with Crippen molar-refractivity contribution in [2.75, 3.05) is 33.7 Å². The van der Waals surface area contributed by atoms with Gasteiger partial charge in [0.25, 0.3) is 5.91 Å². The van der Waals surface area contributed by atoms with Crippen LogP contribution in [0.5, 0.6) is 5.75 Å². The molecule has 1 N–H and O–H groups in total. The molecule has 2 aliphatic rings. The summed E-state index contributed by atoms with van der Waals surface area (Å²) in [6, 6.07) is 16.7. The Balaban J connectivity index is 1.74. The standard InChI is InChI=1S/C27H35N3O2/c1-4-16-29-17-15-23-8-6-9-24(19-29)30(23)26(22-7-5-10-25(31)18-22)20-11-13-21(14-12-20)27(32)28(2)3/h4-5,7,10-14,18,23-24,26,31H,1,6,8-9,15-17,19H2,2-3H3. The normalized spacial score (nSPS) is 22.7. The van der Waals surface area contributed by atoms with Crippen LogP contribution >= 0.6 is 0 Å². The smallest absolute Gasteiger partial charge is 0.253 e. The van der Waals surface area contributed by atoms with Crippen molar-refractivity contribution in [2.45, 2.75) is 43.8 Å². The summed E-state index contributed by atoms with van der Waals surface area (Å²) in [5.41, 5.74) is 2.97. The van der Waals surface area contributed by atoms with Crippen LogP contribution in [0.3, 0.4) is 0 Å². The molecular formula is C27H35N3O2. The molecular weight excluding hydrogens is 398 g/mol. The van der Waals surface area contributed by atoms with Gasteiger partial charge in [-0.3, -0.25) is 14.6 Å². The lowest BCUT2D eigenvalue weighted by Gasteiger charge is -2.46. The van der Waals surface area contributed by atoms with Crippen LogP contribution in [-0.2, 0) is 0 Å². The molecule has 5 heteroatoms. The Hall–Kier alpha value is -2.63. The number of benzene rings is 2. The van der Waals surface area contributed by atoms with Crippen LogP contribution in [0, 0.1) is 0 Å². The molecule has 4 rings (SSSR count). The lowest BCUT2D eigenvalue weighted by Crippen LogP contribution is -2.50. The fourth-order valence-electron chi connectivity index (χ4n) is 5.45. The first-order valence-electron chi connectivity index (χ1n) is 11.7. The summed E-state index contributed by atoms with van der Waals surface area (Å²) in [6.45, 7) is 7.00. The summed E-state index contributed by atoms with van der Waals surface area (Å²) >= 11 is 0. The van der Waals surface area contributed by atoms with E-state index in [1.54, 1.807) is 25.1 Å². The SMILES string of the molecule is C=CCN1CCC2CCCC(C1)N2C(c1ccc(C(=O)N(C)C)cc1)c1cccc(O)c1. The van der Waals surface area contributed by atoms with Crippen molar-refractivity contribution >= 4 is 5.91 Å². The van der Waals surface area contributed by atoms with Crippen molar-refractivity contribution in [1.82, 2.24) is 14.7 Å². The van der Waals surface area contributed by atoms with Gasteiger partial charge in [0.05, 0.1) is 6.04 Å². The minimum absolute atomic E-state index is 0.0113. The summed E-state index contributed by atoms with van der Waals surface area (Å²) in [5.74, 6) is 0.303. The highest BCUT2D eigenvalue weighted by Gasteiger charge is 2.39. The highest BCUT2D eigenvalue weighted by atomic mass is 16.3. The monoisotopic (exact) mass is 433 g/mol. The zero-order valence-electron chi connectivity index (χ0n) is 19.3. The summed E-state index contributed by atoms with van der Waals surface area (Å²) in [7, 11) is 3.55. The first-order chi connectivity index (χ1) is 15.5. The molecule has 0 spiro atoms. The van der Waals surface area contributed by atoms with Crippen LogP contribution in [0.25, 0.3) is 0 Å². The maximum atomic E-state index is 12.4. The zero-order chi connectivity index (χ0) is 22.7. The van der Waals surface area contributed by atoms with Gasteiger partial charge in [0, 0.05) is 51.4 Å². The molecule has 2 aromatic rings. The average molecular weight is 434 g/mol. The number of aromatic hydroxyl groups is 1. The van der Waals surface area contributed by atoms with Gasteiger partial charge in [-0.25, -0.2) is 0 Å². The number of phenols is 1. The number of rotatable bonds is 6. The number of carbonyl (C=O) groups is 1. The van der Waals surface area contributed by atoms with Crippen LogP contribution in [0.4, 0.5) is 0 Å². The lowest BCUT2D eigenvalue weighted by molar-refractivity contribution is 0.0562. The maximum absolute atomic E-state index is 12.4. The minimum Gasteiger partial charge on any atom is -0.508 e. The van der Waals surface area contributed by atoms with E-state index < -0.39 is 0 Å². The molecule has 0 radical (unpaired) electrons. The predicted molar refractivity (Wildman–Crippen MR) is 129 cm³/mol. The quantitative estimate of drug-likeness (QED) is 0.690. The molecule has 0 aliphatic carbocycles. The van der Waals surface area contributed by atoms with E-state index in [2.05, 4.69) is 34.6 Å². The molecule has 3 atom stereocenters. The molecule has 0 saturated carbocycles. The third-order valence-corrected chi connectivity index (χ3v) is 6.92. The summed E-state index contributed by atoms with van der Waals surface area (Å²) < 4.78 is 0. The summed E-state index contributed by atoms with van der Waals surface area (Å²) in [5, 5.41) is 10.3. The van der Waals surface area contributed by atoms with Gasteiger partial charge in [0.2, 0.25) is 0 Å². The number of fused-ring (bicyclic) bond motifs is 2. The first-order valence-corrected chi connectivity index (χ1v) is 11.7. The van der Waals surface area contributed by atoms with Gasteiger partial charge in [-0.05, 0) is 54.7 Å². The topological polar surface area (TPSA) is 47.0 Å². The van der Waals surface area contributed by atoms with Crippen molar-refractivity contribution < 1.29 is 9.90 Å². The van der Waals surface area contributed by atoms with Crippen LogP contribution in [0.2, 0.25) is 0 Å². The van der Waals surface area contributed by atoms with Crippen LogP contribution in [0.1, 0.15) is 53.2 Å². The summed E-state index contributed by atoms with van der Waals surface area (Å²) in [6.07, 6.45) is 6.78. The molecule has 0 aromatic heterocycles. The van der Waals surface area contributed by atoms with Gasteiger partial charge < -0.3 is 10.0 Å². The van der Waals surface area contributed by atoms with Crippen molar-refractivity contribution in [3.63, 3.8) is 0 Å². The van der Waals surface area contributed by atoms with Gasteiger partial charge in [-0.15, -0.1) is 6.58 Å². The second-order valence-corrected chi connectivity index (χ2v) is 9.34. The van der Waals surface area contributed by atoms with E-state index in [-0.39, 0.29) is 11.9 Å². The maximum Gasteiger partial charge on any atom is 0.253 e. The molecule has 170 valence electrons. The fourth-order valence-corrected chi connectivity index (χ4v) is 5.45. The highest BCUT2D eigenvalue weighted by molar-refractivity contribution is 5.93. The van der Waals surface area contributed by atoms with Crippen LogP contribution in [0.15, 0.2) is 61.2 Å².